The molecule has 20 heavy (non-hydrogen) atoms. The van der Waals surface area contributed by atoms with Crippen LogP contribution >= 0.6 is 0 Å². The minimum absolute atomic E-state index is 0.0184. The lowest BCUT2D eigenvalue weighted by molar-refractivity contribution is -0.175. The minimum atomic E-state index is -4.51. The molecule has 7 heteroatoms. The minimum Gasteiger partial charge on any atom is -0.342 e. The van der Waals surface area contributed by atoms with Gasteiger partial charge in [-0.15, -0.1) is 0 Å². The molecule has 1 aliphatic heterocycles. The number of hydrogen-bond acceptors (Lipinski definition) is 2. The maximum absolute atomic E-state index is 12.7. The number of amides is 2. The van der Waals surface area contributed by atoms with Gasteiger partial charge in [-0.3, -0.25) is 9.59 Å². The van der Waals surface area contributed by atoms with Crippen LogP contribution in [0.15, 0.2) is 0 Å². The molecule has 1 heterocycles. The Kier molecular flexibility index (Phi) is 5.05. The van der Waals surface area contributed by atoms with Gasteiger partial charge in [0.15, 0.2) is 0 Å². The van der Waals surface area contributed by atoms with Gasteiger partial charge in [-0.05, 0) is 18.3 Å². The molecule has 1 rings (SSSR count). The number of halogens is 3. The largest absolute Gasteiger partial charge is 0.406 e. The summed E-state index contributed by atoms with van der Waals surface area (Å²) in [6, 6.07) is -1.92. The normalized spacial score (nSPS) is 24.6. The second-order valence-electron chi connectivity index (χ2n) is 5.96. The van der Waals surface area contributed by atoms with Crippen LogP contribution in [0.2, 0.25) is 0 Å². The molecule has 0 spiro atoms. The Morgan fingerprint density at radius 3 is 2.15 bits per heavy atom. The number of piperazine rings is 1. The Bertz CT molecular complexity index is 380. The van der Waals surface area contributed by atoms with Crippen LogP contribution in [-0.4, -0.2) is 41.5 Å². The van der Waals surface area contributed by atoms with Crippen LogP contribution in [0.5, 0.6) is 0 Å². The summed E-state index contributed by atoms with van der Waals surface area (Å²) in [6.45, 7) is 5.62. The molecule has 0 aromatic carbocycles. The fraction of sp³-hybridized carbons (Fsp3) is 0.846. The maximum Gasteiger partial charge on any atom is 0.406 e. The standard InChI is InChI=1S/C13H21F3N2O2/c1-7(2)5-9-11(19)17-10(8(3)4)12(20)18(9)6-13(14,15)16/h7-10H,5-6H2,1-4H3,(H,17,19). The third-order valence-electron chi connectivity index (χ3n) is 3.24. The van der Waals surface area contributed by atoms with Crippen molar-refractivity contribution in [3.8, 4) is 0 Å². The smallest absolute Gasteiger partial charge is 0.342 e. The van der Waals surface area contributed by atoms with Gasteiger partial charge in [0.2, 0.25) is 11.8 Å². The fourth-order valence-electron chi connectivity index (χ4n) is 2.30. The molecule has 4 nitrogen and oxygen atoms in total. The van der Waals surface area contributed by atoms with Crippen molar-refractivity contribution in [1.82, 2.24) is 10.2 Å². The van der Waals surface area contributed by atoms with Crippen LogP contribution in [0.25, 0.3) is 0 Å². The summed E-state index contributed by atoms with van der Waals surface area (Å²) >= 11 is 0. The van der Waals surface area contributed by atoms with E-state index in [-0.39, 0.29) is 18.3 Å². The van der Waals surface area contributed by atoms with Crippen molar-refractivity contribution >= 4 is 11.8 Å². The van der Waals surface area contributed by atoms with E-state index in [1.807, 2.05) is 0 Å². The molecule has 0 aliphatic carbocycles. The lowest BCUT2D eigenvalue weighted by atomic mass is 9.94. The van der Waals surface area contributed by atoms with Crippen LogP contribution in [0, 0.1) is 11.8 Å². The van der Waals surface area contributed by atoms with E-state index in [1.54, 1.807) is 27.7 Å². The number of nitrogens with zero attached hydrogens (tertiary/aromatic N) is 1. The first-order chi connectivity index (χ1) is 9.03. The lowest BCUT2D eigenvalue weighted by Gasteiger charge is -2.41. The summed E-state index contributed by atoms with van der Waals surface area (Å²) in [5.41, 5.74) is 0. The number of carbonyl (C=O) groups excluding carboxylic acids is 2. The summed E-state index contributed by atoms with van der Waals surface area (Å²) in [6.07, 6.45) is -4.29. The maximum atomic E-state index is 12.7. The van der Waals surface area contributed by atoms with Gasteiger partial charge >= 0.3 is 6.18 Å². The van der Waals surface area contributed by atoms with Gasteiger partial charge in [0.1, 0.15) is 18.6 Å². The van der Waals surface area contributed by atoms with Crippen molar-refractivity contribution in [3.05, 3.63) is 0 Å². The predicted molar refractivity (Wildman–Crippen MR) is 67.8 cm³/mol. The number of carbonyl (C=O) groups is 2. The van der Waals surface area contributed by atoms with Gasteiger partial charge in [-0.25, -0.2) is 0 Å². The van der Waals surface area contributed by atoms with E-state index in [4.69, 9.17) is 0 Å². The van der Waals surface area contributed by atoms with Gasteiger partial charge < -0.3 is 10.2 Å². The molecule has 2 atom stereocenters. The monoisotopic (exact) mass is 294 g/mol. The highest BCUT2D eigenvalue weighted by atomic mass is 19.4. The molecule has 116 valence electrons. The topological polar surface area (TPSA) is 49.4 Å². The van der Waals surface area contributed by atoms with Crippen molar-refractivity contribution in [2.75, 3.05) is 6.54 Å². The average molecular weight is 294 g/mol. The second-order valence-corrected chi connectivity index (χ2v) is 5.96. The third kappa shape index (κ3) is 4.11. The van der Waals surface area contributed by atoms with Gasteiger partial charge in [-0.2, -0.15) is 13.2 Å². The van der Waals surface area contributed by atoms with E-state index in [0.29, 0.717) is 4.90 Å². The summed E-state index contributed by atoms with van der Waals surface area (Å²) in [5.74, 6) is -1.38. The van der Waals surface area contributed by atoms with E-state index in [0.717, 1.165) is 0 Å². The SMILES string of the molecule is CC(C)CC1C(=O)NC(C(C)C)C(=O)N1CC(F)(F)F. The van der Waals surface area contributed by atoms with E-state index in [1.165, 1.54) is 0 Å². The first-order valence-electron chi connectivity index (χ1n) is 6.70. The summed E-state index contributed by atoms with van der Waals surface area (Å²) in [7, 11) is 0. The van der Waals surface area contributed by atoms with Crippen LogP contribution in [0.4, 0.5) is 13.2 Å². The number of alkyl halides is 3. The lowest BCUT2D eigenvalue weighted by Crippen LogP contribution is -2.66. The molecule has 2 unspecified atom stereocenters. The molecule has 0 radical (unpaired) electrons. The summed E-state index contributed by atoms with van der Waals surface area (Å²) in [5, 5.41) is 2.54. The molecule has 1 fully saturated rings. The molecular formula is C13H21F3N2O2. The van der Waals surface area contributed by atoms with Crippen molar-refractivity contribution in [1.29, 1.82) is 0 Å². The Labute approximate surface area is 116 Å². The van der Waals surface area contributed by atoms with Crippen LogP contribution in [0.1, 0.15) is 34.1 Å². The van der Waals surface area contributed by atoms with Crippen LogP contribution < -0.4 is 5.32 Å². The average Bonchev–Trinajstić information content (AvgIpc) is 2.25. The first-order valence-corrected chi connectivity index (χ1v) is 6.70. The molecule has 0 aromatic rings. The second kappa shape index (κ2) is 6.01. The third-order valence-corrected chi connectivity index (χ3v) is 3.24. The van der Waals surface area contributed by atoms with E-state index in [2.05, 4.69) is 5.32 Å². The van der Waals surface area contributed by atoms with Gasteiger partial charge in [0.05, 0.1) is 0 Å². The summed E-state index contributed by atoms with van der Waals surface area (Å²) < 4.78 is 38.0. The number of rotatable bonds is 4. The molecule has 1 aliphatic rings. The van der Waals surface area contributed by atoms with Gasteiger partial charge in [0.25, 0.3) is 0 Å². The van der Waals surface area contributed by atoms with E-state index < -0.39 is 36.6 Å². The number of nitrogens with one attached hydrogen (secondary N) is 1. The molecule has 1 saturated heterocycles. The Hall–Kier alpha value is -1.27. The fourth-order valence-corrected chi connectivity index (χ4v) is 2.30. The van der Waals surface area contributed by atoms with Crippen molar-refractivity contribution < 1.29 is 22.8 Å². The van der Waals surface area contributed by atoms with Crippen molar-refractivity contribution in [3.63, 3.8) is 0 Å². The highest BCUT2D eigenvalue weighted by Gasteiger charge is 2.46. The highest BCUT2D eigenvalue weighted by molar-refractivity contribution is 5.97. The van der Waals surface area contributed by atoms with Gasteiger partial charge in [-0.1, -0.05) is 27.7 Å². The van der Waals surface area contributed by atoms with Crippen molar-refractivity contribution in [2.24, 2.45) is 11.8 Å². The molecule has 2 amide bonds. The zero-order valence-corrected chi connectivity index (χ0v) is 12.1. The van der Waals surface area contributed by atoms with Crippen molar-refractivity contribution in [2.45, 2.75) is 52.4 Å². The summed E-state index contributed by atoms with van der Waals surface area (Å²) in [4.78, 5) is 24.9. The van der Waals surface area contributed by atoms with E-state index in [9.17, 15) is 22.8 Å². The highest BCUT2D eigenvalue weighted by Crippen LogP contribution is 2.25. The van der Waals surface area contributed by atoms with Gasteiger partial charge in [0, 0.05) is 0 Å². The predicted octanol–water partition coefficient (Wildman–Crippen LogP) is 1.95. The zero-order chi connectivity index (χ0) is 15.7. The molecule has 0 aromatic heterocycles. The Balaban J connectivity index is 3.03. The van der Waals surface area contributed by atoms with Crippen LogP contribution in [-0.2, 0) is 9.59 Å². The first kappa shape index (κ1) is 16.8. The van der Waals surface area contributed by atoms with Crippen LogP contribution in [0.3, 0.4) is 0 Å². The Morgan fingerprint density at radius 2 is 1.75 bits per heavy atom. The molecule has 1 N–H and O–H groups in total. The van der Waals surface area contributed by atoms with E-state index >= 15 is 0 Å². The number of hydrogen-bond donors (Lipinski definition) is 1. The zero-order valence-electron chi connectivity index (χ0n) is 12.1. The molecule has 0 bridgehead atoms. The quantitative estimate of drug-likeness (QED) is 0.861. The molecule has 0 saturated carbocycles. The molecular weight excluding hydrogens is 273 g/mol. The Morgan fingerprint density at radius 1 is 1.20 bits per heavy atom.